The van der Waals surface area contributed by atoms with E-state index in [0.717, 1.165) is 50.9 Å². The third-order valence-electron chi connectivity index (χ3n) is 6.63. The Kier molecular flexibility index (Phi) is 8.16. The van der Waals surface area contributed by atoms with E-state index in [4.69, 9.17) is 15.3 Å². The van der Waals surface area contributed by atoms with Crippen molar-refractivity contribution in [3.8, 4) is 33.8 Å². The van der Waals surface area contributed by atoms with Gasteiger partial charge in [-0.25, -0.2) is 15.3 Å². The molecule has 3 aromatic heterocycles. The Morgan fingerprint density at radius 1 is 0.487 bits per heavy atom. The van der Waals surface area contributed by atoms with Crippen LogP contribution in [0, 0.1) is 20.8 Å². The van der Waals surface area contributed by atoms with Crippen LogP contribution in [-0.4, -0.2) is 36.2 Å². The predicted octanol–water partition coefficient (Wildman–Crippen LogP) is 6.82. The van der Waals surface area contributed by atoms with Gasteiger partial charge in [0.15, 0.2) is 0 Å². The standard InChI is InChI=1S/C30H27BN6.ClH.Co/c1-22-19-28(25-13-7-4-8-14-25)32-35(22)31(36-23(2)20-29(33-36)26-15-9-5-10-16-26)37-24(3)21-30(34-37)27-17-11-6-12-18-27;;/h4-21H,1-3H3;1H;/q-1;;+2/p-1. The van der Waals surface area contributed by atoms with Crippen molar-refractivity contribution in [2.45, 2.75) is 20.8 Å². The first-order chi connectivity index (χ1) is 19.1. The van der Waals surface area contributed by atoms with Crippen LogP contribution >= 0.6 is 10.1 Å². The van der Waals surface area contributed by atoms with E-state index in [1.165, 1.54) is 0 Å². The number of nitrogens with zero attached hydrogens (tertiary/aromatic N) is 6. The van der Waals surface area contributed by atoms with E-state index in [-0.39, 0.29) is 0 Å². The molecule has 0 N–H and O–H groups in total. The molecule has 0 spiro atoms. The van der Waals surface area contributed by atoms with Crippen LogP contribution < -0.4 is 0 Å². The summed E-state index contributed by atoms with van der Waals surface area (Å²) >= 11 is 3.03. The molecule has 0 amide bonds. The fourth-order valence-electron chi connectivity index (χ4n) is 4.73. The van der Waals surface area contributed by atoms with Gasteiger partial charge in [0.05, 0.1) is 17.1 Å². The fraction of sp³-hybridized carbons (Fsp3) is 0.100. The molecular formula is C30H27BClCoN6. The molecule has 0 atom stereocenters. The number of halogens is 1. The first-order valence-electron chi connectivity index (χ1n) is 12.6. The summed E-state index contributed by atoms with van der Waals surface area (Å²) < 4.78 is 6.06. The van der Waals surface area contributed by atoms with Crippen molar-refractivity contribution in [3.05, 3.63) is 126 Å². The third kappa shape index (κ3) is 5.50. The van der Waals surface area contributed by atoms with E-state index in [1.54, 1.807) is 0 Å². The molecule has 1 radical (unpaired) electrons. The van der Waals surface area contributed by atoms with Gasteiger partial charge in [0.25, 0.3) is 7.12 Å². The topological polar surface area (TPSA) is 53.5 Å². The summed E-state index contributed by atoms with van der Waals surface area (Å²) in [4.78, 5) is 0. The fourth-order valence-corrected chi connectivity index (χ4v) is 4.73. The molecule has 0 fully saturated rings. The SMILES string of the molecule is Cc1cc(-c2ccccc2)nn1[B-](n1nc(-c2ccccc2)cc1C)n1nc(-c2ccccc2)cc1C.[Cl][Co+]. The van der Waals surface area contributed by atoms with Gasteiger partial charge in [0, 0.05) is 16.7 Å². The molecule has 6 rings (SSSR count). The minimum absolute atomic E-state index is 0.410. The monoisotopic (exact) mass is 576 g/mol. The van der Waals surface area contributed by atoms with Gasteiger partial charge in [-0.3, -0.25) is 0 Å². The molecule has 3 heterocycles. The Bertz CT molecular complexity index is 1460. The molecule has 0 bridgehead atoms. The predicted molar refractivity (Wildman–Crippen MR) is 155 cm³/mol. The second-order valence-electron chi connectivity index (χ2n) is 9.29. The molecule has 6 aromatic rings. The van der Waals surface area contributed by atoms with E-state index in [0.29, 0.717) is 0 Å². The second kappa shape index (κ2) is 11.9. The molecule has 9 heteroatoms. The molecule has 0 aliphatic carbocycles. The van der Waals surface area contributed by atoms with Crippen LogP contribution in [0.25, 0.3) is 33.8 Å². The number of hydrogen-bond acceptors (Lipinski definition) is 3. The van der Waals surface area contributed by atoms with E-state index in [9.17, 15) is 0 Å². The molecule has 196 valence electrons. The Morgan fingerprint density at radius 3 is 1.00 bits per heavy atom. The van der Waals surface area contributed by atoms with E-state index < -0.39 is 7.12 Å². The number of aromatic nitrogens is 6. The Morgan fingerprint density at radius 2 is 0.744 bits per heavy atom. The summed E-state index contributed by atoms with van der Waals surface area (Å²) in [6.45, 7) is 6.25. The Labute approximate surface area is 241 Å². The minimum atomic E-state index is -0.410. The number of hydrogen-bond donors (Lipinski definition) is 0. The summed E-state index contributed by atoms with van der Waals surface area (Å²) in [6.07, 6.45) is 0. The number of rotatable bonds is 6. The van der Waals surface area contributed by atoms with Gasteiger partial charge in [0.1, 0.15) is 0 Å². The zero-order chi connectivity index (χ0) is 27.4. The van der Waals surface area contributed by atoms with Crippen LogP contribution in [0.4, 0.5) is 0 Å². The quantitative estimate of drug-likeness (QED) is 0.205. The van der Waals surface area contributed by atoms with E-state index >= 15 is 0 Å². The average Bonchev–Trinajstić information content (AvgIpc) is 3.69. The molecular weight excluding hydrogens is 550 g/mol. The maximum absolute atomic E-state index is 5.07. The van der Waals surface area contributed by atoms with Crippen molar-refractivity contribution in [2.75, 3.05) is 0 Å². The first-order valence-corrected chi connectivity index (χ1v) is 14.0. The van der Waals surface area contributed by atoms with Crippen molar-refractivity contribution in [1.82, 2.24) is 29.1 Å². The average molecular weight is 577 g/mol. The molecule has 0 saturated heterocycles. The summed E-state index contributed by atoms with van der Waals surface area (Å²) in [7, 11) is 3.92. The molecule has 6 nitrogen and oxygen atoms in total. The summed E-state index contributed by atoms with van der Waals surface area (Å²) in [5.74, 6) is 0. The van der Waals surface area contributed by atoms with Crippen molar-refractivity contribution in [1.29, 1.82) is 0 Å². The van der Waals surface area contributed by atoms with Crippen molar-refractivity contribution in [3.63, 3.8) is 0 Å². The van der Waals surface area contributed by atoms with Crippen molar-refractivity contribution in [2.24, 2.45) is 0 Å². The summed E-state index contributed by atoms with van der Waals surface area (Å²) in [5.41, 5.74) is 9.06. The zero-order valence-corrected chi connectivity index (χ0v) is 23.7. The van der Waals surface area contributed by atoms with Gasteiger partial charge in [-0.05, 0) is 56.1 Å². The summed E-state index contributed by atoms with van der Waals surface area (Å²) in [5, 5.41) is 15.2. The van der Waals surface area contributed by atoms with Crippen molar-refractivity contribution < 1.29 is 14.8 Å². The van der Waals surface area contributed by atoms with E-state index in [2.05, 4.69) is 100 Å². The van der Waals surface area contributed by atoms with Crippen molar-refractivity contribution >= 4 is 17.3 Å². The molecule has 3 aromatic carbocycles. The van der Waals surface area contributed by atoms with Gasteiger partial charge < -0.3 is 13.8 Å². The first kappa shape index (κ1) is 26.7. The van der Waals surface area contributed by atoms with Gasteiger partial charge in [-0.2, -0.15) is 0 Å². The maximum atomic E-state index is 5.07. The Balaban J connectivity index is 0.00000151. The van der Waals surface area contributed by atoms with Crippen LogP contribution in [0.5, 0.6) is 0 Å². The summed E-state index contributed by atoms with van der Waals surface area (Å²) in [6, 6.07) is 37.1. The van der Waals surface area contributed by atoms with Crippen LogP contribution in [0.3, 0.4) is 0 Å². The van der Waals surface area contributed by atoms with E-state index in [1.807, 2.05) is 68.4 Å². The zero-order valence-electron chi connectivity index (χ0n) is 21.9. The van der Waals surface area contributed by atoms with Crippen LogP contribution in [0.15, 0.2) is 109 Å². The van der Waals surface area contributed by atoms with Crippen LogP contribution in [-0.2, 0) is 14.8 Å². The van der Waals surface area contributed by atoms with Crippen LogP contribution in [0.1, 0.15) is 17.1 Å². The Hall–Kier alpha value is -3.85. The molecule has 0 aliphatic rings. The van der Waals surface area contributed by atoms with Gasteiger partial charge in [0.2, 0.25) is 0 Å². The van der Waals surface area contributed by atoms with Gasteiger partial charge in [-0.1, -0.05) is 91.0 Å². The van der Waals surface area contributed by atoms with Gasteiger partial charge >= 0.3 is 25.0 Å². The second-order valence-corrected chi connectivity index (χ2v) is 9.29. The molecule has 0 aliphatic heterocycles. The van der Waals surface area contributed by atoms with Crippen LogP contribution in [0.2, 0.25) is 0 Å². The third-order valence-corrected chi connectivity index (χ3v) is 6.63. The molecule has 0 unspecified atom stereocenters. The molecule has 0 saturated carbocycles. The normalized spacial score (nSPS) is 10.9. The molecule has 39 heavy (non-hydrogen) atoms. The van der Waals surface area contributed by atoms with Gasteiger partial charge in [-0.15, -0.1) is 0 Å². The number of aryl methyl sites for hydroxylation is 3. The number of benzene rings is 3.